The summed E-state index contributed by atoms with van der Waals surface area (Å²) in [4.78, 5) is 0. The minimum Gasteiger partial charge on any atom is -0.479 e. The van der Waals surface area contributed by atoms with E-state index in [1.165, 1.54) is 0 Å². The Hall–Kier alpha value is -0.730. The minimum absolute atomic E-state index is 0.326. The number of ether oxygens (including phenoxy) is 1. The molecule has 0 saturated heterocycles. The largest absolute Gasteiger partial charge is 0.479 e. The lowest BCUT2D eigenvalue weighted by Crippen LogP contribution is -1.99. The van der Waals surface area contributed by atoms with E-state index in [9.17, 15) is 0 Å². The van der Waals surface area contributed by atoms with Crippen molar-refractivity contribution in [2.24, 2.45) is 5.16 Å². The topological polar surface area (TPSA) is 41.8 Å². The third-order valence-corrected chi connectivity index (χ3v) is 0.656. The van der Waals surface area contributed by atoms with Crippen LogP contribution in [0.1, 0.15) is 20.3 Å². The molecule has 0 rings (SSSR count). The van der Waals surface area contributed by atoms with Crippen LogP contribution in [0.5, 0.6) is 0 Å². The molecule has 0 aliphatic rings. The molecular formula is C5H11NO2. The van der Waals surface area contributed by atoms with Gasteiger partial charge in [0.05, 0.1) is 6.61 Å². The second-order valence-electron chi connectivity index (χ2n) is 1.47. The van der Waals surface area contributed by atoms with E-state index in [0.29, 0.717) is 12.5 Å². The van der Waals surface area contributed by atoms with E-state index in [1.807, 2.05) is 6.92 Å². The average molecular weight is 117 g/mol. The number of oxime groups is 1. The van der Waals surface area contributed by atoms with E-state index >= 15 is 0 Å². The van der Waals surface area contributed by atoms with Gasteiger partial charge in [-0.25, -0.2) is 0 Å². The Morgan fingerprint density at radius 2 is 2.38 bits per heavy atom. The fraction of sp³-hybridized carbons (Fsp3) is 0.800. The Balaban J connectivity index is 3.12. The van der Waals surface area contributed by atoms with Crippen LogP contribution in [0.15, 0.2) is 5.16 Å². The Bertz CT molecular complexity index is 80.5. The van der Waals surface area contributed by atoms with Gasteiger partial charge in [-0.05, 0) is 6.42 Å². The molecule has 0 spiro atoms. The minimum atomic E-state index is 0.326. The summed E-state index contributed by atoms with van der Waals surface area (Å²) in [6.45, 7) is 4.22. The molecular weight excluding hydrogens is 106 g/mol. The first kappa shape index (κ1) is 7.27. The molecule has 0 aromatic rings. The molecule has 0 bridgehead atoms. The summed E-state index contributed by atoms with van der Waals surface area (Å²) in [6.07, 6.45) is 0.937. The standard InChI is InChI=1S/C5H11NO2/c1-3-4-8-5(2)6-7/h7H,3-4H2,1-2H3/b6-5-. The van der Waals surface area contributed by atoms with E-state index in [2.05, 4.69) is 5.16 Å². The van der Waals surface area contributed by atoms with Gasteiger partial charge in [-0.3, -0.25) is 0 Å². The number of hydrogen-bond acceptors (Lipinski definition) is 3. The summed E-state index contributed by atoms with van der Waals surface area (Å²) in [5, 5.41) is 10.8. The highest BCUT2D eigenvalue weighted by molar-refractivity contribution is 5.72. The predicted molar refractivity (Wildman–Crippen MR) is 31.1 cm³/mol. The van der Waals surface area contributed by atoms with Gasteiger partial charge >= 0.3 is 0 Å². The zero-order valence-electron chi connectivity index (χ0n) is 5.22. The van der Waals surface area contributed by atoms with Crippen molar-refractivity contribution in [3.8, 4) is 0 Å². The molecule has 0 aliphatic heterocycles. The van der Waals surface area contributed by atoms with E-state index in [-0.39, 0.29) is 0 Å². The van der Waals surface area contributed by atoms with Gasteiger partial charge in [-0.1, -0.05) is 12.1 Å². The van der Waals surface area contributed by atoms with Crippen molar-refractivity contribution in [3.05, 3.63) is 0 Å². The molecule has 3 nitrogen and oxygen atoms in total. The number of nitrogens with zero attached hydrogens (tertiary/aromatic N) is 1. The van der Waals surface area contributed by atoms with Crippen molar-refractivity contribution in [1.82, 2.24) is 0 Å². The first-order valence-electron chi connectivity index (χ1n) is 2.62. The van der Waals surface area contributed by atoms with Crippen molar-refractivity contribution in [3.63, 3.8) is 0 Å². The Kier molecular flexibility index (Phi) is 4.03. The monoisotopic (exact) mass is 117 g/mol. The lowest BCUT2D eigenvalue weighted by molar-refractivity contribution is 0.253. The quantitative estimate of drug-likeness (QED) is 0.256. The Morgan fingerprint density at radius 3 is 2.75 bits per heavy atom. The van der Waals surface area contributed by atoms with Crippen molar-refractivity contribution in [1.29, 1.82) is 0 Å². The maximum Gasteiger partial charge on any atom is 0.222 e. The smallest absolute Gasteiger partial charge is 0.222 e. The fourth-order valence-electron chi connectivity index (χ4n) is 0.279. The van der Waals surface area contributed by atoms with E-state index in [0.717, 1.165) is 6.42 Å². The van der Waals surface area contributed by atoms with Gasteiger partial charge in [0.2, 0.25) is 5.90 Å². The molecule has 0 amide bonds. The molecule has 0 atom stereocenters. The first-order valence-corrected chi connectivity index (χ1v) is 2.62. The summed E-state index contributed by atoms with van der Waals surface area (Å²) < 4.78 is 4.84. The molecule has 8 heavy (non-hydrogen) atoms. The Labute approximate surface area is 49.0 Å². The van der Waals surface area contributed by atoms with Gasteiger partial charge in [0.25, 0.3) is 0 Å². The second kappa shape index (κ2) is 4.43. The summed E-state index contributed by atoms with van der Waals surface area (Å²) in [6, 6.07) is 0. The first-order chi connectivity index (χ1) is 3.81. The highest BCUT2D eigenvalue weighted by atomic mass is 16.5. The lowest BCUT2D eigenvalue weighted by Gasteiger charge is -1.98. The van der Waals surface area contributed by atoms with Crippen molar-refractivity contribution in [2.75, 3.05) is 6.61 Å². The fourth-order valence-corrected chi connectivity index (χ4v) is 0.279. The van der Waals surface area contributed by atoms with Crippen LogP contribution >= 0.6 is 0 Å². The van der Waals surface area contributed by atoms with E-state index in [4.69, 9.17) is 9.94 Å². The van der Waals surface area contributed by atoms with Gasteiger partial charge < -0.3 is 9.94 Å². The van der Waals surface area contributed by atoms with Crippen LogP contribution in [-0.4, -0.2) is 17.7 Å². The van der Waals surface area contributed by atoms with Crippen LogP contribution in [0, 0.1) is 0 Å². The molecule has 1 N–H and O–H groups in total. The molecule has 48 valence electrons. The van der Waals surface area contributed by atoms with Crippen LogP contribution in [0.25, 0.3) is 0 Å². The highest BCUT2D eigenvalue weighted by Crippen LogP contribution is 1.81. The van der Waals surface area contributed by atoms with Crippen molar-refractivity contribution >= 4 is 5.90 Å². The van der Waals surface area contributed by atoms with Gasteiger partial charge in [-0.2, -0.15) is 0 Å². The number of hydrogen-bond donors (Lipinski definition) is 1. The molecule has 0 aromatic heterocycles. The summed E-state index contributed by atoms with van der Waals surface area (Å²) in [5.74, 6) is 0.326. The second-order valence-corrected chi connectivity index (χ2v) is 1.47. The maximum absolute atomic E-state index is 8.02. The third-order valence-electron chi connectivity index (χ3n) is 0.656. The summed E-state index contributed by atoms with van der Waals surface area (Å²) in [7, 11) is 0. The van der Waals surface area contributed by atoms with Gasteiger partial charge in [-0.15, -0.1) is 0 Å². The normalized spacial score (nSPS) is 11.5. The Morgan fingerprint density at radius 1 is 1.75 bits per heavy atom. The molecule has 0 aromatic carbocycles. The highest BCUT2D eigenvalue weighted by Gasteiger charge is 1.85. The van der Waals surface area contributed by atoms with Crippen LogP contribution in [0.4, 0.5) is 0 Å². The number of rotatable bonds is 2. The molecule has 0 radical (unpaired) electrons. The van der Waals surface area contributed by atoms with Crippen molar-refractivity contribution < 1.29 is 9.94 Å². The maximum atomic E-state index is 8.02. The zero-order chi connectivity index (χ0) is 6.41. The molecule has 0 fully saturated rings. The third kappa shape index (κ3) is 3.46. The van der Waals surface area contributed by atoms with Crippen LogP contribution in [-0.2, 0) is 4.74 Å². The van der Waals surface area contributed by atoms with Gasteiger partial charge in [0.15, 0.2) is 0 Å². The SMILES string of the molecule is CCCO/C(C)=N\O. The molecule has 3 heteroatoms. The average Bonchev–Trinajstić information content (AvgIpc) is 1.83. The van der Waals surface area contributed by atoms with Gasteiger partial charge in [0, 0.05) is 6.92 Å². The van der Waals surface area contributed by atoms with Gasteiger partial charge in [0.1, 0.15) is 0 Å². The molecule has 0 saturated carbocycles. The molecule has 0 aliphatic carbocycles. The van der Waals surface area contributed by atoms with Crippen LogP contribution < -0.4 is 0 Å². The van der Waals surface area contributed by atoms with E-state index in [1.54, 1.807) is 6.92 Å². The van der Waals surface area contributed by atoms with Crippen molar-refractivity contribution in [2.45, 2.75) is 20.3 Å². The summed E-state index contributed by atoms with van der Waals surface area (Å²) in [5.41, 5.74) is 0. The lowest BCUT2D eigenvalue weighted by atomic mass is 10.5. The zero-order valence-corrected chi connectivity index (χ0v) is 5.22. The van der Waals surface area contributed by atoms with E-state index < -0.39 is 0 Å². The van der Waals surface area contributed by atoms with Crippen LogP contribution in [0.3, 0.4) is 0 Å². The molecule has 0 heterocycles. The summed E-state index contributed by atoms with van der Waals surface area (Å²) >= 11 is 0. The molecule has 0 unspecified atom stereocenters. The predicted octanol–water partition coefficient (Wildman–Crippen LogP) is 1.22. The van der Waals surface area contributed by atoms with Crippen LogP contribution in [0.2, 0.25) is 0 Å².